The van der Waals surface area contributed by atoms with Crippen LogP contribution in [-0.4, -0.2) is 44.1 Å². The summed E-state index contributed by atoms with van der Waals surface area (Å²) in [7, 11) is 0. The lowest BCUT2D eigenvalue weighted by Gasteiger charge is -2.36. The number of amides is 1. The number of likely N-dealkylation sites (tertiary alicyclic amines) is 1. The fourth-order valence-corrected chi connectivity index (χ4v) is 3.89. The lowest BCUT2D eigenvalue weighted by molar-refractivity contribution is -0.123. The Morgan fingerprint density at radius 1 is 1.03 bits per heavy atom. The third-order valence-corrected chi connectivity index (χ3v) is 5.53. The summed E-state index contributed by atoms with van der Waals surface area (Å²) >= 11 is 0. The van der Waals surface area contributed by atoms with Gasteiger partial charge in [0.05, 0.1) is 12.6 Å². The Hall–Kier alpha value is -3.20. The molecule has 1 unspecified atom stereocenters. The lowest BCUT2D eigenvalue weighted by Crippen LogP contribution is -2.41. The average Bonchev–Trinajstić information content (AvgIpc) is 3.19. The van der Waals surface area contributed by atoms with E-state index in [1.165, 1.54) is 24.3 Å². The minimum absolute atomic E-state index is 0.148. The molecule has 30 heavy (non-hydrogen) atoms. The van der Waals surface area contributed by atoms with Crippen molar-refractivity contribution in [2.24, 2.45) is 11.7 Å². The monoisotopic (exact) mass is 412 g/mol. The summed E-state index contributed by atoms with van der Waals surface area (Å²) in [4.78, 5) is 13.7. The highest BCUT2D eigenvalue weighted by atomic mass is 19.1. The second-order valence-corrected chi connectivity index (χ2v) is 7.49. The number of nitrogens with zero attached hydrogens (tertiary/aromatic N) is 5. The van der Waals surface area contributed by atoms with Crippen molar-refractivity contribution in [2.45, 2.75) is 25.4 Å². The number of carbonyl (C=O) groups excluding carboxylic acids is 1. The first-order chi connectivity index (χ1) is 14.5. The largest absolute Gasteiger partial charge is 0.369 e. The standard InChI is InChI=1S/C21H22F2N6O/c22-17-5-1-14(2-6-17)13-29-21(25-26-27-29)19(15-3-7-18(23)8-4-15)28-11-9-16(10-12-28)20(24)30/h1-8,16,19H,9-13H2,(H2,24,30). The van der Waals surface area contributed by atoms with Gasteiger partial charge in [0, 0.05) is 5.92 Å². The van der Waals surface area contributed by atoms with Crippen molar-refractivity contribution in [3.63, 3.8) is 0 Å². The molecule has 156 valence electrons. The Balaban J connectivity index is 1.65. The van der Waals surface area contributed by atoms with Crippen LogP contribution >= 0.6 is 0 Å². The van der Waals surface area contributed by atoms with Gasteiger partial charge in [0.2, 0.25) is 5.91 Å². The van der Waals surface area contributed by atoms with Crippen molar-refractivity contribution in [1.29, 1.82) is 0 Å². The number of nitrogens with two attached hydrogens (primary N) is 1. The number of hydrogen-bond donors (Lipinski definition) is 1. The summed E-state index contributed by atoms with van der Waals surface area (Å²) < 4.78 is 28.4. The van der Waals surface area contributed by atoms with E-state index in [-0.39, 0.29) is 29.5 Å². The van der Waals surface area contributed by atoms with Gasteiger partial charge in [0.1, 0.15) is 11.6 Å². The first-order valence-electron chi connectivity index (χ1n) is 9.80. The number of primary amides is 1. The molecule has 1 saturated heterocycles. The fraction of sp³-hybridized carbons (Fsp3) is 0.333. The normalized spacial score (nSPS) is 16.5. The SMILES string of the molecule is NC(=O)C1CCN(C(c2ccc(F)cc2)c2nnnn2Cc2ccc(F)cc2)CC1. The third kappa shape index (κ3) is 4.35. The van der Waals surface area contributed by atoms with E-state index in [4.69, 9.17) is 5.73 Å². The maximum Gasteiger partial charge on any atom is 0.220 e. The van der Waals surface area contributed by atoms with Gasteiger partial charge in [-0.05, 0) is 71.8 Å². The smallest absolute Gasteiger partial charge is 0.220 e. The fourth-order valence-electron chi connectivity index (χ4n) is 3.89. The molecule has 1 fully saturated rings. The molecule has 2 aromatic carbocycles. The minimum atomic E-state index is -0.323. The van der Waals surface area contributed by atoms with Gasteiger partial charge in [0.15, 0.2) is 5.82 Å². The molecule has 0 saturated carbocycles. The molecule has 2 heterocycles. The highest BCUT2D eigenvalue weighted by molar-refractivity contribution is 5.76. The van der Waals surface area contributed by atoms with Crippen LogP contribution in [0.15, 0.2) is 48.5 Å². The molecule has 1 aromatic heterocycles. The van der Waals surface area contributed by atoms with E-state index in [9.17, 15) is 13.6 Å². The molecule has 3 aromatic rings. The van der Waals surface area contributed by atoms with Crippen LogP contribution < -0.4 is 5.73 Å². The Bertz CT molecular complexity index is 997. The molecule has 4 rings (SSSR count). The van der Waals surface area contributed by atoms with Gasteiger partial charge >= 0.3 is 0 Å². The molecule has 2 N–H and O–H groups in total. The zero-order valence-electron chi connectivity index (χ0n) is 16.3. The van der Waals surface area contributed by atoms with E-state index < -0.39 is 0 Å². The van der Waals surface area contributed by atoms with Crippen LogP contribution in [0.3, 0.4) is 0 Å². The number of benzene rings is 2. The number of piperidine rings is 1. The maximum absolute atomic E-state index is 13.5. The zero-order valence-corrected chi connectivity index (χ0v) is 16.3. The molecule has 1 atom stereocenters. The molecule has 1 amide bonds. The molecular weight excluding hydrogens is 390 g/mol. The summed E-state index contributed by atoms with van der Waals surface area (Å²) in [5.74, 6) is -0.462. The summed E-state index contributed by atoms with van der Waals surface area (Å²) in [6.07, 6.45) is 1.29. The minimum Gasteiger partial charge on any atom is -0.369 e. The molecule has 1 aliphatic rings. The first kappa shape index (κ1) is 20.1. The first-order valence-corrected chi connectivity index (χ1v) is 9.80. The van der Waals surface area contributed by atoms with Gasteiger partial charge in [-0.1, -0.05) is 24.3 Å². The molecule has 0 bridgehead atoms. The number of rotatable bonds is 6. The topological polar surface area (TPSA) is 89.9 Å². The maximum atomic E-state index is 13.5. The Kier molecular flexibility index (Phi) is 5.80. The quantitative estimate of drug-likeness (QED) is 0.671. The number of carbonyl (C=O) groups is 1. The second-order valence-electron chi connectivity index (χ2n) is 7.49. The predicted octanol–water partition coefficient (Wildman–Crippen LogP) is 2.29. The van der Waals surface area contributed by atoms with Crippen molar-refractivity contribution in [3.05, 3.63) is 77.1 Å². The molecule has 0 radical (unpaired) electrons. The van der Waals surface area contributed by atoms with Crippen molar-refractivity contribution >= 4 is 5.91 Å². The van der Waals surface area contributed by atoms with Crippen LogP contribution in [0.4, 0.5) is 8.78 Å². The summed E-state index contributed by atoms with van der Waals surface area (Å²) in [6, 6.07) is 12.1. The predicted molar refractivity (Wildman–Crippen MR) is 105 cm³/mol. The molecular formula is C21H22F2N6O. The van der Waals surface area contributed by atoms with E-state index >= 15 is 0 Å². The van der Waals surface area contributed by atoms with Crippen molar-refractivity contribution in [1.82, 2.24) is 25.1 Å². The van der Waals surface area contributed by atoms with E-state index in [1.54, 1.807) is 28.9 Å². The molecule has 0 aliphatic carbocycles. The molecule has 7 nitrogen and oxygen atoms in total. The Morgan fingerprint density at radius 2 is 1.63 bits per heavy atom. The van der Waals surface area contributed by atoms with Crippen LogP contribution in [0.1, 0.15) is 35.8 Å². The van der Waals surface area contributed by atoms with Crippen LogP contribution in [-0.2, 0) is 11.3 Å². The van der Waals surface area contributed by atoms with Crippen LogP contribution in [0.25, 0.3) is 0 Å². The zero-order chi connectivity index (χ0) is 21.1. The van der Waals surface area contributed by atoms with Crippen molar-refractivity contribution in [3.8, 4) is 0 Å². The van der Waals surface area contributed by atoms with E-state index in [0.717, 1.165) is 11.1 Å². The summed E-state index contributed by atoms with van der Waals surface area (Å²) in [6.45, 7) is 1.65. The number of aromatic nitrogens is 4. The third-order valence-electron chi connectivity index (χ3n) is 5.53. The van der Waals surface area contributed by atoms with Gasteiger partial charge < -0.3 is 5.73 Å². The Morgan fingerprint density at radius 3 is 2.23 bits per heavy atom. The highest BCUT2D eigenvalue weighted by Crippen LogP contribution is 2.31. The van der Waals surface area contributed by atoms with E-state index in [0.29, 0.717) is 38.3 Å². The summed E-state index contributed by atoms with van der Waals surface area (Å²) in [5.41, 5.74) is 7.18. The van der Waals surface area contributed by atoms with E-state index in [2.05, 4.69) is 20.4 Å². The highest BCUT2D eigenvalue weighted by Gasteiger charge is 2.32. The number of halogens is 2. The van der Waals surface area contributed by atoms with Gasteiger partial charge in [-0.2, -0.15) is 0 Å². The van der Waals surface area contributed by atoms with Crippen LogP contribution in [0.2, 0.25) is 0 Å². The van der Waals surface area contributed by atoms with Crippen molar-refractivity contribution in [2.75, 3.05) is 13.1 Å². The molecule has 1 aliphatic heterocycles. The van der Waals surface area contributed by atoms with Crippen LogP contribution in [0.5, 0.6) is 0 Å². The number of tetrazole rings is 1. The number of hydrogen-bond acceptors (Lipinski definition) is 5. The molecule has 9 heteroatoms. The second kappa shape index (κ2) is 8.66. The summed E-state index contributed by atoms with van der Waals surface area (Å²) in [5, 5.41) is 12.2. The van der Waals surface area contributed by atoms with E-state index in [1.807, 2.05) is 0 Å². The average molecular weight is 412 g/mol. The van der Waals surface area contributed by atoms with Gasteiger partial charge in [0.25, 0.3) is 0 Å². The lowest BCUT2D eigenvalue weighted by atomic mass is 9.93. The van der Waals surface area contributed by atoms with Gasteiger partial charge in [-0.3, -0.25) is 9.69 Å². The van der Waals surface area contributed by atoms with Crippen molar-refractivity contribution < 1.29 is 13.6 Å². The Labute approximate surface area is 172 Å². The van der Waals surface area contributed by atoms with Gasteiger partial charge in [-0.25, -0.2) is 13.5 Å². The van der Waals surface area contributed by atoms with Gasteiger partial charge in [-0.15, -0.1) is 5.10 Å². The molecule has 0 spiro atoms. The van der Waals surface area contributed by atoms with Crippen LogP contribution in [0, 0.1) is 17.6 Å².